The molecule has 2 aliphatic rings. The molecule has 142 valence electrons. The number of nitriles is 1. The molecule has 0 unspecified atom stereocenters. The Balaban J connectivity index is 1.77. The van der Waals surface area contributed by atoms with Crippen LogP contribution in [0.25, 0.3) is 0 Å². The molecule has 1 N–H and O–H groups in total. The van der Waals surface area contributed by atoms with Crippen molar-refractivity contribution in [1.82, 2.24) is 10.2 Å². The van der Waals surface area contributed by atoms with E-state index < -0.39 is 0 Å². The topological polar surface area (TPSA) is 73.2 Å². The Morgan fingerprint density at radius 2 is 2.11 bits per heavy atom. The maximum atomic E-state index is 12.6. The number of carbonyl (C=O) groups excluding carboxylic acids is 2. The van der Waals surface area contributed by atoms with Crippen LogP contribution in [-0.4, -0.2) is 35.1 Å². The van der Waals surface area contributed by atoms with Crippen molar-refractivity contribution in [2.45, 2.75) is 44.6 Å². The molecular formula is C20H22ClN3O2S. The molecule has 0 saturated carbocycles. The second-order valence-corrected chi connectivity index (χ2v) is 8.35. The van der Waals surface area contributed by atoms with Gasteiger partial charge < -0.3 is 10.2 Å². The molecule has 2 amide bonds. The fourth-order valence-corrected chi connectivity index (χ4v) is 4.69. The first-order chi connectivity index (χ1) is 13.0. The first-order valence-electron chi connectivity index (χ1n) is 9.11. The number of nitrogens with one attached hydrogen (secondary N) is 1. The van der Waals surface area contributed by atoms with Gasteiger partial charge in [-0.05, 0) is 43.9 Å². The Morgan fingerprint density at radius 1 is 1.37 bits per heavy atom. The van der Waals surface area contributed by atoms with Crippen molar-refractivity contribution in [2.24, 2.45) is 0 Å². The van der Waals surface area contributed by atoms with Crippen molar-refractivity contribution in [2.75, 3.05) is 12.3 Å². The van der Waals surface area contributed by atoms with Crippen molar-refractivity contribution in [3.05, 3.63) is 45.5 Å². The van der Waals surface area contributed by atoms with Crippen LogP contribution in [0, 0.1) is 11.3 Å². The lowest BCUT2D eigenvalue weighted by atomic mass is 9.87. The third-order valence-electron chi connectivity index (χ3n) is 5.09. The van der Waals surface area contributed by atoms with Gasteiger partial charge in [-0.1, -0.05) is 35.5 Å². The zero-order valence-corrected chi connectivity index (χ0v) is 16.8. The summed E-state index contributed by atoms with van der Waals surface area (Å²) in [7, 11) is 0. The highest BCUT2D eigenvalue weighted by Crippen LogP contribution is 2.36. The van der Waals surface area contributed by atoms with E-state index in [1.807, 2.05) is 17.0 Å². The Morgan fingerprint density at radius 3 is 2.78 bits per heavy atom. The number of amides is 2. The fourth-order valence-electron chi connectivity index (χ4n) is 3.60. The molecule has 27 heavy (non-hydrogen) atoms. The van der Waals surface area contributed by atoms with Gasteiger partial charge in [-0.2, -0.15) is 5.26 Å². The number of allylic oxidation sites excluding steroid dienone is 1. The van der Waals surface area contributed by atoms with E-state index in [4.69, 9.17) is 11.6 Å². The molecule has 2 aliphatic heterocycles. The number of benzene rings is 1. The monoisotopic (exact) mass is 403 g/mol. The first kappa shape index (κ1) is 19.8. The highest BCUT2D eigenvalue weighted by molar-refractivity contribution is 8.03. The van der Waals surface area contributed by atoms with Gasteiger partial charge in [0.05, 0.1) is 22.4 Å². The lowest BCUT2D eigenvalue weighted by Crippen LogP contribution is -2.43. The minimum absolute atomic E-state index is 0.0554. The minimum Gasteiger partial charge on any atom is -0.339 e. The predicted octanol–water partition coefficient (Wildman–Crippen LogP) is 3.81. The van der Waals surface area contributed by atoms with Gasteiger partial charge in [0.25, 0.3) is 0 Å². The van der Waals surface area contributed by atoms with Crippen LogP contribution in [0.4, 0.5) is 0 Å². The highest BCUT2D eigenvalue weighted by Gasteiger charge is 2.30. The summed E-state index contributed by atoms with van der Waals surface area (Å²) in [6, 6.07) is 9.68. The van der Waals surface area contributed by atoms with Crippen LogP contribution < -0.4 is 5.32 Å². The van der Waals surface area contributed by atoms with E-state index in [9.17, 15) is 14.9 Å². The number of thioether (sulfide) groups is 1. The number of carbonyl (C=O) groups is 2. The van der Waals surface area contributed by atoms with Crippen molar-refractivity contribution >= 4 is 35.2 Å². The largest absolute Gasteiger partial charge is 0.339 e. The van der Waals surface area contributed by atoms with E-state index in [1.165, 1.54) is 11.8 Å². The number of hydrogen-bond donors (Lipinski definition) is 1. The third kappa shape index (κ3) is 4.66. The quantitative estimate of drug-likeness (QED) is 0.829. The van der Waals surface area contributed by atoms with Crippen LogP contribution >= 0.6 is 23.4 Å². The number of piperidine rings is 1. The first-order valence-corrected chi connectivity index (χ1v) is 10.5. The molecular weight excluding hydrogens is 382 g/mol. The van der Waals surface area contributed by atoms with Gasteiger partial charge in [0.15, 0.2) is 0 Å². The van der Waals surface area contributed by atoms with Gasteiger partial charge in [0.1, 0.15) is 0 Å². The number of halogens is 1. The number of rotatable bonds is 4. The molecule has 0 spiro atoms. The van der Waals surface area contributed by atoms with Gasteiger partial charge in [-0.25, -0.2) is 0 Å². The van der Waals surface area contributed by atoms with Crippen LogP contribution in [0.1, 0.15) is 44.1 Å². The molecule has 0 bridgehead atoms. The number of hydrogen-bond acceptors (Lipinski definition) is 4. The molecule has 0 aromatic heterocycles. The van der Waals surface area contributed by atoms with Crippen LogP contribution in [-0.2, 0) is 9.59 Å². The van der Waals surface area contributed by atoms with Gasteiger partial charge >= 0.3 is 0 Å². The lowest BCUT2D eigenvalue weighted by Gasteiger charge is -2.33. The summed E-state index contributed by atoms with van der Waals surface area (Å²) in [6.07, 6.45) is 3.42. The van der Waals surface area contributed by atoms with Crippen molar-refractivity contribution in [3.8, 4) is 6.07 Å². The third-order valence-corrected chi connectivity index (χ3v) is 6.35. The lowest BCUT2D eigenvalue weighted by molar-refractivity contribution is -0.131. The van der Waals surface area contributed by atoms with Crippen LogP contribution in [0.2, 0.25) is 5.02 Å². The van der Waals surface area contributed by atoms with E-state index in [1.54, 1.807) is 12.1 Å². The molecule has 1 fully saturated rings. The maximum Gasteiger partial charge on any atom is 0.233 e. The molecule has 1 aromatic rings. The molecule has 0 radical (unpaired) electrons. The van der Waals surface area contributed by atoms with Gasteiger partial charge in [0.2, 0.25) is 11.8 Å². The van der Waals surface area contributed by atoms with Crippen molar-refractivity contribution in [1.29, 1.82) is 5.26 Å². The Kier molecular flexibility index (Phi) is 6.46. The Hall–Kier alpha value is -1.97. The average molecular weight is 404 g/mol. The molecule has 2 heterocycles. The fraction of sp³-hybridized carbons (Fsp3) is 0.450. The van der Waals surface area contributed by atoms with E-state index in [0.717, 1.165) is 31.4 Å². The van der Waals surface area contributed by atoms with E-state index >= 15 is 0 Å². The Bertz CT molecular complexity index is 800. The van der Waals surface area contributed by atoms with Crippen LogP contribution in [0.15, 0.2) is 34.9 Å². The predicted molar refractivity (Wildman–Crippen MR) is 107 cm³/mol. The van der Waals surface area contributed by atoms with Gasteiger partial charge in [0, 0.05) is 29.9 Å². The number of nitrogens with zero attached hydrogens (tertiary/aromatic N) is 2. The summed E-state index contributed by atoms with van der Waals surface area (Å²) in [5, 5.41) is 13.6. The van der Waals surface area contributed by atoms with Gasteiger partial charge in [-0.15, -0.1) is 0 Å². The smallest absolute Gasteiger partial charge is 0.233 e. The van der Waals surface area contributed by atoms with Crippen molar-refractivity contribution in [3.63, 3.8) is 0 Å². The minimum atomic E-state index is -0.312. The van der Waals surface area contributed by atoms with Crippen molar-refractivity contribution < 1.29 is 9.59 Å². The molecule has 0 aliphatic carbocycles. The zero-order valence-electron chi connectivity index (χ0n) is 15.2. The number of likely N-dealkylation sites (tertiary alicyclic amines) is 1. The standard InChI is InChI=1S/C20H22ClN3O2S/c1-13-4-2-3-9-24(13)19(26)12-27-20-17(11-22)16(10-18(25)23-20)14-5-7-15(21)8-6-14/h5-8,13,16H,2-4,9-10,12H2,1H3,(H,23,25)/t13-,16+/m0/s1. The summed E-state index contributed by atoms with van der Waals surface area (Å²) < 4.78 is 0. The summed E-state index contributed by atoms with van der Waals surface area (Å²) in [4.78, 5) is 26.7. The summed E-state index contributed by atoms with van der Waals surface area (Å²) in [5.74, 6) is -0.180. The zero-order chi connectivity index (χ0) is 19.4. The molecule has 1 aromatic carbocycles. The Labute approximate surface area is 168 Å². The van der Waals surface area contributed by atoms with E-state index in [2.05, 4.69) is 18.3 Å². The molecule has 3 rings (SSSR count). The van der Waals surface area contributed by atoms with Gasteiger partial charge in [-0.3, -0.25) is 9.59 Å². The maximum absolute atomic E-state index is 12.6. The molecule has 5 nitrogen and oxygen atoms in total. The summed E-state index contributed by atoms with van der Waals surface area (Å²) >= 11 is 7.19. The summed E-state index contributed by atoms with van der Waals surface area (Å²) in [5.41, 5.74) is 1.38. The van der Waals surface area contributed by atoms with Crippen LogP contribution in [0.5, 0.6) is 0 Å². The molecule has 2 atom stereocenters. The normalized spacial score (nSPS) is 23.0. The second kappa shape index (κ2) is 8.81. The average Bonchev–Trinajstić information content (AvgIpc) is 2.66. The summed E-state index contributed by atoms with van der Waals surface area (Å²) in [6.45, 7) is 2.85. The van der Waals surface area contributed by atoms with Crippen LogP contribution in [0.3, 0.4) is 0 Å². The molecule has 1 saturated heterocycles. The second-order valence-electron chi connectivity index (χ2n) is 6.93. The van der Waals surface area contributed by atoms with E-state index in [0.29, 0.717) is 15.6 Å². The molecule has 7 heteroatoms. The SMILES string of the molecule is C[C@H]1CCCCN1C(=O)CSC1=C(C#N)[C@@H](c2ccc(Cl)cc2)CC(=O)N1. The highest BCUT2D eigenvalue weighted by atomic mass is 35.5. The van der Waals surface area contributed by atoms with E-state index in [-0.39, 0.29) is 35.9 Å².